The second kappa shape index (κ2) is 7.62. The zero-order valence-corrected chi connectivity index (χ0v) is 14.4. The van der Waals surface area contributed by atoms with Crippen molar-refractivity contribution in [1.82, 2.24) is 9.88 Å². The van der Waals surface area contributed by atoms with Crippen LogP contribution in [0.25, 0.3) is 10.9 Å². The Hall–Kier alpha value is -2.14. The maximum Gasteiger partial charge on any atom is 0.339 e. The van der Waals surface area contributed by atoms with E-state index in [9.17, 15) is 4.79 Å². The molecule has 1 aliphatic rings. The van der Waals surface area contributed by atoms with Crippen molar-refractivity contribution in [2.75, 3.05) is 38.6 Å². The molecule has 2 aromatic rings. The van der Waals surface area contributed by atoms with Crippen molar-refractivity contribution in [3.05, 3.63) is 36.0 Å². The van der Waals surface area contributed by atoms with Crippen LogP contribution in [0.4, 0.5) is 5.69 Å². The number of carbonyl (C=O) groups is 1. The van der Waals surface area contributed by atoms with E-state index in [1.165, 1.54) is 25.9 Å². The number of fused-ring (bicyclic) bond motifs is 1. The Labute approximate surface area is 143 Å². The van der Waals surface area contributed by atoms with E-state index < -0.39 is 0 Å². The summed E-state index contributed by atoms with van der Waals surface area (Å²) in [5.74, 6) is 0.400. The van der Waals surface area contributed by atoms with E-state index in [2.05, 4.69) is 28.3 Å². The van der Waals surface area contributed by atoms with Gasteiger partial charge < -0.3 is 15.0 Å². The SMILES string of the molecule is CCOC(=O)c1cnc2ccc(NCC3CCN(C)CC3)cc2c1. The van der Waals surface area contributed by atoms with Crippen LogP contribution >= 0.6 is 0 Å². The third-order valence-electron chi connectivity index (χ3n) is 4.63. The monoisotopic (exact) mass is 327 g/mol. The van der Waals surface area contributed by atoms with Gasteiger partial charge in [-0.2, -0.15) is 0 Å². The maximum absolute atomic E-state index is 11.9. The normalized spacial score (nSPS) is 16.2. The summed E-state index contributed by atoms with van der Waals surface area (Å²) >= 11 is 0. The first-order valence-electron chi connectivity index (χ1n) is 8.65. The fourth-order valence-electron chi connectivity index (χ4n) is 3.10. The topological polar surface area (TPSA) is 54.5 Å². The molecule has 5 nitrogen and oxygen atoms in total. The fourth-order valence-corrected chi connectivity index (χ4v) is 3.10. The standard InChI is InChI=1S/C19H25N3O2/c1-3-24-19(23)16-10-15-11-17(4-5-18(15)21-13-16)20-12-14-6-8-22(2)9-7-14/h4-5,10-11,13-14,20H,3,6-9,12H2,1-2H3. The third kappa shape index (κ3) is 4.03. The van der Waals surface area contributed by atoms with Gasteiger partial charge in [0.15, 0.2) is 0 Å². The summed E-state index contributed by atoms with van der Waals surface area (Å²) in [6.45, 7) is 5.52. The van der Waals surface area contributed by atoms with Crippen LogP contribution in [0.3, 0.4) is 0 Å². The molecule has 1 aromatic carbocycles. The minimum atomic E-state index is -0.323. The lowest BCUT2D eigenvalue weighted by atomic mass is 9.97. The van der Waals surface area contributed by atoms with E-state index in [-0.39, 0.29) is 5.97 Å². The highest BCUT2D eigenvalue weighted by molar-refractivity contribution is 5.94. The number of pyridine rings is 1. The molecule has 1 saturated heterocycles. The number of carbonyl (C=O) groups excluding carboxylic acids is 1. The van der Waals surface area contributed by atoms with Gasteiger partial charge in [0.05, 0.1) is 17.7 Å². The van der Waals surface area contributed by atoms with E-state index >= 15 is 0 Å². The summed E-state index contributed by atoms with van der Waals surface area (Å²) in [4.78, 5) is 18.6. The van der Waals surface area contributed by atoms with Crippen molar-refractivity contribution in [1.29, 1.82) is 0 Å². The second-order valence-corrected chi connectivity index (χ2v) is 6.48. The highest BCUT2D eigenvalue weighted by Gasteiger charge is 2.16. The number of hydrogen-bond acceptors (Lipinski definition) is 5. The van der Waals surface area contributed by atoms with Crippen LogP contribution in [0.15, 0.2) is 30.5 Å². The Morgan fingerprint density at radius 1 is 1.33 bits per heavy atom. The molecule has 24 heavy (non-hydrogen) atoms. The molecule has 1 N–H and O–H groups in total. The van der Waals surface area contributed by atoms with Crippen molar-refractivity contribution in [2.24, 2.45) is 5.92 Å². The van der Waals surface area contributed by atoms with E-state index in [0.717, 1.165) is 29.1 Å². The number of hydrogen-bond donors (Lipinski definition) is 1. The van der Waals surface area contributed by atoms with Gasteiger partial charge in [-0.25, -0.2) is 4.79 Å². The van der Waals surface area contributed by atoms with Crippen LogP contribution in [0, 0.1) is 5.92 Å². The number of piperidine rings is 1. The van der Waals surface area contributed by atoms with Gasteiger partial charge in [-0.05, 0) is 70.1 Å². The highest BCUT2D eigenvalue weighted by atomic mass is 16.5. The Bertz CT molecular complexity index is 709. The minimum absolute atomic E-state index is 0.323. The molecule has 0 radical (unpaired) electrons. The summed E-state index contributed by atoms with van der Waals surface area (Å²) in [7, 11) is 2.18. The zero-order chi connectivity index (χ0) is 16.9. The van der Waals surface area contributed by atoms with Gasteiger partial charge in [0.2, 0.25) is 0 Å². The third-order valence-corrected chi connectivity index (χ3v) is 4.63. The lowest BCUT2D eigenvalue weighted by Crippen LogP contribution is -2.32. The van der Waals surface area contributed by atoms with Gasteiger partial charge in [0.25, 0.3) is 0 Å². The summed E-state index contributed by atoms with van der Waals surface area (Å²) in [6, 6.07) is 7.94. The first-order chi connectivity index (χ1) is 11.7. The van der Waals surface area contributed by atoms with E-state index in [4.69, 9.17) is 4.74 Å². The number of likely N-dealkylation sites (tertiary alicyclic amines) is 1. The lowest BCUT2D eigenvalue weighted by molar-refractivity contribution is 0.0526. The van der Waals surface area contributed by atoms with Gasteiger partial charge in [-0.3, -0.25) is 4.98 Å². The average molecular weight is 327 g/mol. The maximum atomic E-state index is 11.9. The Morgan fingerprint density at radius 3 is 2.88 bits per heavy atom. The quantitative estimate of drug-likeness (QED) is 0.855. The number of aromatic nitrogens is 1. The number of ether oxygens (including phenoxy) is 1. The molecule has 128 valence electrons. The van der Waals surface area contributed by atoms with Gasteiger partial charge in [0.1, 0.15) is 0 Å². The molecular weight excluding hydrogens is 302 g/mol. The summed E-state index contributed by atoms with van der Waals surface area (Å²) in [5, 5.41) is 4.49. The number of benzene rings is 1. The Balaban J connectivity index is 1.69. The average Bonchev–Trinajstić information content (AvgIpc) is 2.61. The van der Waals surface area contributed by atoms with Gasteiger partial charge in [-0.15, -0.1) is 0 Å². The fraction of sp³-hybridized carbons (Fsp3) is 0.474. The van der Waals surface area contributed by atoms with E-state index in [0.29, 0.717) is 12.2 Å². The summed E-state index contributed by atoms with van der Waals surface area (Å²) < 4.78 is 5.04. The first kappa shape index (κ1) is 16.7. The predicted molar refractivity (Wildman–Crippen MR) is 96.4 cm³/mol. The molecule has 0 spiro atoms. The Morgan fingerprint density at radius 2 is 2.12 bits per heavy atom. The van der Waals surface area contributed by atoms with Crippen LogP contribution < -0.4 is 5.32 Å². The molecule has 0 aliphatic carbocycles. The number of nitrogens with zero attached hydrogens (tertiary/aromatic N) is 2. The molecule has 1 fully saturated rings. The summed E-state index contributed by atoms with van der Waals surface area (Å²) in [5.41, 5.74) is 2.45. The molecular formula is C19H25N3O2. The van der Waals surface area contributed by atoms with Crippen LogP contribution in [0.2, 0.25) is 0 Å². The van der Waals surface area contributed by atoms with Gasteiger partial charge in [-0.1, -0.05) is 0 Å². The summed E-state index contributed by atoms with van der Waals surface area (Å²) in [6.07, 6.45) is 4.06. The second-order valence-electron chi connectivity index (χ2n) is 6.48. The van der Waals surface area contributed by atoms with Crippen LogP contribution in [-0.4, -0.2) is 49.1 Å². The van der Waals surface area contributed by atoms with Gasteiger partial charge >= 0.3 is 5.97 Å². The highest BCUT2D eigenvalue weighted by Crippen LogP contribution is 2.21. The molecule has 2 heterocycles. The van der Waals surface area contributed by atoms with Crippen molar-refractivity contribution in [2.45, 2.75) is 19.8 Å². The Kier molecular flexibility index (Phi) is 5.30. The van der Waals surface area contributed by atoms with Crippen LogP contribution in [0.5, 0.6) is 0 Å². The molecule has 0 atom stereocenters. The number of anilines is 1. The largest absolute Gasteiger partial charge is 0.462 e. The zero-order valence-electron chi connectivity index (χ0n) is 14.4. The van der Waals surface area contributed by atoms with Crippen molar-refractivity contribution in [3.8, 4) is 0 Å². The van der Waals surface area contributed by atoms with Crippen LogP contribution in [-0.2, 0) is 4.74 Å². The molecule has 0 amide bonds. The number of rotatable bonds is 5. The van der Waals surface area contributed by atoms with Crippen molar-refractivity contribution >= 4 is 22.6 Å². The van der Waals surface area contributed by atoms with Crippen molar-refractivity contribution in [3.63, 3.8) is 0 Å². The van der Waals surface area contributed by atoms with Gasteiger partial charge in [0, 0.05) is 23.8 Å². The smallest absolute Gasteiger partial charge is 0.339 e. The molecule has 3 rings (SSSR count). The molecule has 1 aliphatic heterocycles. The van der Waals surface area contributed by atoms with E-state index in [1.54, 1.807) is 13.1 Å². The van der Waals surface area contributed by atoms with Crippen LogP contribution in [0.1, 0.15) is 30.1 Å². The van der Waals surface area contributed by atoms with Crippen molar-refractivity contribution < 1.29 is 9.53 Å². The molecule has 1 aromatic heterocycles. The molecule has 5 heteroatoms. The predicted octanol–water partition coefficient (Wildman–Crippen LogP) is 3.17. The molecule has 0 unspecified atom stereocenters. The number of esters is 1. The van der Waals surface area contributed by atoms with E-state index in [1.807, 2.05) is 18.2 Å². The first-order valence-corrected chi connectivity index (χ1v) is 8.65. The molecule has 0 bridgehead atoms. The number of nitrogens with one attached hydrogen (secondary N) is 1. The minimum Gasteiger partial charge on any atom is -0.462 e. The lowest BCUT2D eigenvalue weighted by Gasteiger charge is -2.29. The molecule has 0 saturated carbocycles.